The Morgan fingerprint density at radius 2 is 0.595 bits per heavy atom. The molecule has 8 rings (SSSR count). The van der Waals surface area contributed by atoms with E-state index in [1.807, 2.05) is 0 Å². The molecule has 0 amide bonds. The zero-order valence-electron chi connectivity index (χ0n) is 45.5. The smallest absolute Gasteiger partial charge is 0.127 e. The van der Waals surface area contributed by atoms with Gasteiger partial charge in [0, 0.05) is 11.1 Å². The molecular formula is C72H78O2. The van der Waals surface area contributed by atoms with Crippen LogP contribution in [0.2, 0.25) is 0 Å². The van der Waals surface area contributed by atoms with Crippen molar-refractivity contribution < 1.29 is 9.47 Å². The fourth-order valence-corrected chi connectivity index (χ4v) is 9.44. The first-order valence-electron chi connectivity index (χ1n) is 27.4. The molecule has 8 aromatic carbocycles. The molecule has 0 aromatic heterocycles. The minimum absolute atomic E-state index is 0.150. The van der Waals surface area contributed by atoms with Crippen LogP contribution in [0.4, 0.5) is 0 Å². The van der Waals surface area contributed by atoms with E-state index in [2.05, 4.69) is 262 Å². The minimum atomic E-state index is 0.150. The van der Waals surface area contributed by atoms with E-state index in [0.717, 1.165) is 81.3 Å². The van der Waals surface area contributed by atoms with E-state index >= 15 is 0 Å². The van der Waals surface area contributed by atoms with Crippen LogP contribution in [-0.4, -0.2) is 13.2 Å². The van der Waals surface area contributed by atoms with E-state index in [4.69, 9.17) is 9.47 Å². The van der Waals surface area contributed by atoms with Gasteiger partial charge in [-0.05, 0) is 125 Å². The van der Waals surface area contributed by atoms with E-state index in [1.54, 1.807) is 0 Å². The van der Waals surface area contributed by atoms with Crippen LogP contribution in [0.5, 0.6) is 11.5 Å². The van der Waals surface area contributed by atoms with Crippen molar-refractivity contribution >= 4 is 70.2 Å². The van der Waals surface area contributed by atoms with Crippen LogP contribution >= 0.6 is 0 Å². The van der Waals surface area contributed by atoms with Crippen molar-refractivity contribution in [2.45, 2.75) is 118 Å². The van der Waals surface area contributed by atoms with Crippen LogP contribution in [0.25, 0.3) is 81.3 Å². The topological polar surface area (TPSA) is 18.5 Å². The van der Waals surface area contributed by atoms with Crippen molar-refractivity contribution in [3.63, 3.8) is 0 Å². The highest BCUT2D eigenvalue weighted by atomic mass is 16.5. The lowest BCUT2D eigenvalue weighted by molar-refractivity contribution is 0.302. The Balaban J connectivity index is 1.07. The highest BCUT2D eigenvalue weighted by Gasteiger charge is 2.20. The number of hydrogen-bond acceptors (Lipinski definition) is 2. The standard InChI is InChI=1S/C72H78O2/c1-9-11-13-15-49-73-67-47-39-61-51-59(31-29-55-21-17-53(18-22-55)25-27-57-33-41-63(42-34-57)71(3,4)5)37-45-65(61)69(67)70-66-46-38-60(52-62(66)40-48-68(70)74-50-16-14-12-10-2)32-30-56-23-19-54(20-24-56)26-28-58-35-43-64(44-36-58)72(6,7)8/h17-48,51-52H,9-16,49-50H2,1-8H3/b27-25+,28-26+,31-29-,32-30+. The second kappa shape index (κ2) is 25.2. The van der Waals surface area contributed by atoms with Gasteiger partial charge in [0.25, 0.3) is 0 Å². The average molecular weight is 975 g/mol. The van der Waals surface area contributed by atoms with Crippen LogP contribution in [0.3, 0.4) is 0 Å². The third-order valence-corrected chi connectivity index (χ3v) is 14.1. The van der Waals surface area contributed by atoms with Gasteiger partial charge in [-0.15, -0.1) is 0 Å². The summed E-state index contributed by atoms with van der Waals surface area (Å²) in [6.45, 7) is 19.4. The highest BCUT2D eigenvalue weighted by molar-refractivity contribution is 6.10. The Bertz CT molecular complexity index is 2980. The van der Waals surface area contributed by atoms with E-state index < -0.39 is 0 Å². The van der Waals surface area contributed by atoms with Crippen molar-refractivity contribution in [2.24, 2.45) is 0 Å². The molecule has 0 saturated carbocycles. The molecule has 0 atom stereocenters. The predicted octanol–water partition coefficient (Wildman–Crippen LogP) is 20.9. The normalized spacial score (nSPS) is 12.4. The summed E-state index contributed by atoms with van der Waals surface area (Å²) in [5.74, 6) is 1.80. The Labute approximate surface area is 444 Å². The summed E-state index contributed by atoms with van der Waals surface area (Å²) < 4.78 is 13.6. The number of benzene rings is 8. The lowest BCUT2D eigenvalue weighted by Crippen LogP contribution is -2.10. The monoisotopic (exact) mass is 975 g/mol. The summed E-state index contributed by atoms with van der Waals surface area (Å²) in [7, 11) is 0. The Morgan fingerprint density at radius 1 is 0.311 bits per heavy atom. The van der Waals surface area contributed by atoms with Crippen molar-refractivity contribution in [3.05, 3.63) is 213 Å². The molecular weight excluding hydrogens is 897 g/mol. The van der Waals surface area contributed by atoms with Crippen molar-refractivity contribution in [3.8, 4) is 22.6 Å². The summed E-state index contributed by atoms with van der Waals surface area (Å²) >= 11 is 0. The second-order valence-corrected chi connectivity index (χ2v) is 22.1. The molecule has 0 radical (unpaired) electrons. The average Bonchev–Trinajstić information content (AvgIpc) is 3.41. The largest absolute Gasteiger partial charge is 0.493 e. The van der Waals surface area contributed by atoms with Crippen LogP contribution < -0.4 is 9.47 Å². The molecule has 0 spiro atoms. The number of hydrogen-bond donors (Lipinski definition) is 0. The van der Waals surface area contributed by atoms with E-state index in [9.17, 15) is 0 Å². The summed E-state index contributed by atoms with van der Waals surface area (Å²) in [6, 6.07) is 57.7. The van der Waals surface area contributed by atoms with Crippen molar-refractivity contribution in [1.29, 1.82) is 0 Å². The summed E-state index contributed by atoms with van der Waals surface area (Å²) in [5, 5.41) is 4.64. The predicted molar refractivity (Wildman–Crippen MR) is 325 cm³/mol. The molecule has 0 heterocycles. The van der Waals surface area contributed by atoms with E-state index in [0.29, 0.717) is 13.2 Å². The van der Waals surface area contributed by atoms with Gasteiger partial charge < -0.3 is 9.47 Å². The molecule has 0 bridgehead atoms. The molecule has 0 unspecified atom stereocenters. The Morgan fingerprint density at radius 3 is 0.892 bits per heavy atom. The quantitative estimate of drug-likeness (QED) is 0.0528. The lowest BCUT2D eigenvalue weighted by atomic mass is 9.86. The van der Waals surface area contributed by atoms with Gasteiger partial charge in [-0.25, -0.2) is 0 Å². The van der Waals surface area contributed by atoms with Gasteiger partial charge in [-0.3, -0.25) is 0 Å². The molecule has 378 valence electrons. The van der Waals surface area contributed by atoms with Crippen LogP contribution in [0.15, 0.2) is 158 Å². The van der Waals surface area contributed by atoms with Gasteiger partial charge in [0.1, 0.15) is 11.5 Å². The fourth-order valence-electron chi connectivity index (χ4n) is 9.44. The summed E-state index contributed by atoms with van der Waals surface area (Å²) in [4.78, 5) is 0. The zero-order valence-corrected chi connectivity index (χ0v) is 45.5. The molecule has 0 N–H and O–H groups in total. The first kappa shape index (κ1) is 53.1. The zero-order chi connectivity index (χ0) is 51.9. The molecule has 2 heteroatoms. The molecule has 0 saturated heterocycles. The summed E-state index contributed by atoms with van der Waals surface area (Å²) in [6.07, 6.45) is 26.8. The van der Waals surface area contributed by atoms with E-state index in [-0.39, 0.29) is 10.8 Å². The minimum Gasteiger partial charge on any atom is -0.493 e. The summed E-state index contributed by atoms with van der Waals surface area (Å²) in [5.41, 5.74) is 14.6. The maximum atomic E-state index is 6.80. The second-order valence-electron chi connectivity index (χ2n) is 22.1. The van der Waals surface area contributed by atoms with Gasteiger partial charge in [0.15, 0.2) is 0 Å². The molecule has 74 heavy (non-hydrogen) atoms. The highest BCUT2D eigenvalue weighted by Crippen LogP contribution is 2.46. The molecule has 8 aromatic rings. The van der Waals surface area contributed by atoms with Gasteiger partial charge >= 0.3 is 0 Å². The van der Waals surface area contributed by atoms with Crippen LogP contribution in [0.1, 0.15) is 162 Å². The van der Waals surface area contributed by atoms with Crippen molar-refractivity contribution in [1.82, 2.24) is 0 Å². The lowest BCUT2D eigenvalue weighted by Gasteiger charge is -2.20. The third-order valence-electron chi connectivity index (χ3n) is 14.1. The third kappa shape index (κ3) is 14.5. The van der Waals surface area contributed by atoms with Crippen LogP contribution in [-0.2, 0) is 10.8 Å². The Hall–Kier alpha value is -7.16. The number of ether oxygens (including phenoxy) is 2. The van der Waals surface area contributed by atoms with Gasteiger partial charge in [0.2, 0.25) is 0 Å². The number of rotatable bonds is 21. The number of fused-ring (bicyclic) bond motifs is 2. The van der Waals surface area contributed by atoms with Crippen molar-refractivity contribution in [2.75, 3.05) is 13.2 Å². The van der Waals surface area contributed by atoms with E-state index in [1.165, 1.54) is 69.8 Å². The molecule has 2 nitrogen and oxygen atoms in total. The number of unbranched alkanes of at least 4 members (excludes halogenated alkanes) is 6. The van der Waals surface area contributed by atoms with Gasteiger partial charge in [-0.2, -0.15) is 0 Å². The first-order chi connectivity index (χ1) is 35.8. The van der Waals surface area contributed by atoms with Gasteiger partial charge in [0.05, 0.1) is 13.2 Å². The molecule has 0 aliphatic rings. The molecule has 0 fully saturated rings. The fraction of sp³-hybridized carbons (Fsp3) is 0.278. The maximum absolute atomic E-state index is 6.80. The van der Waals surface area contributed by atoms with Gasteiger partial charge in [-0.1, -0.05) is 276 Å². The SMILES string of the molecule is CCCCCCOc1ccc2cc(/C=C\c3ccc(/C=C/c4ccc(C(C)(C)C)cc4)cc3)ccc2c1-c1c(OCCCCCC)ccc2cc(/C=C/c3ccc(/C=C/c4ccc(C(C)(C)C)cc4)cc3)ccc12. The van der Waals surface area contributed by atoms with Crippen LogP contribution in [0, 0.1) is 0 Å². The maximum Gasteiger partial charge on any atom is 0.127 e. The molecule has 0 aliphatic carbocycles. The molecule has 0 aliphatic heterocycles. The first-order valence-corrected chi connectivity index (χ1v) is 27.4. The Kier molecular flexibility index (Phi) is 18.1.